The fraction of sp³-hybridized carbons (Fsp3) is 0.667. The van der Waals surface area contributed by atoms with Gasteiger partial charge in [0.2, 0.25) is 0 Å². The minimum atomic E-state index is -0.382. The summed E-state index contributed by atoms with van der Waals surface area (Å²) in [6.07, 6.45) is 2.84. The third-order valence-electron chi connectivity index (χ3n) is 1.69. The van der Waals surface area contributed by atoms with Crippen LogP contribution in [0.2, 0.25) is 0 Å². The van der Waals surface area contributed by atoms with Gasteiger partial charge in [0.05, 0.1) is 16.7 Å². The Morgan fingerprint density at radius 3 is 3.07 bits per heavy atom. The Balaban J connectivity index is 2.49. The highest BCUT2D eigenvalue weighted by Crippen LogP contribution is 2.11. The highest BCUT2D eigenvalue weighted by molar-refractivity contribution is 14.1. The van der Waals surface area contributed by atoms with Crippen molar-refractivity contribution in [2.24, 2.45) is 0 Å². The molecule has 0 amide bonds. The Labute approximate surface area is 96.8 Å². The molecule has 1 aromatic heterocycles. The van der Waals surface area contributed by atoms with Gasteiger partial charge in [-0.2, -0.15) is 5.10 Å². The molecule has 0 unspecified atom stereocenters. The van der Waals surface area contributed by atoms with E-state index in [1.165, 1.54) is 0 Å². The molecule has 0 atom stereocenters. The van der Waals surface area contributed by atoms with Crippen LogP contribution >= 0.6 is 22.6 Å². The number of alkyl halides is 1. The molecule has 0 aromatic carbocycles. The van der Waals surface area contributed by atoms with Crippen LogP contribution in [0.4, 0.5) is 4.39 Å². The Kier molecular flexibility index (Phi) is 5.39. The van der Waals surface area contributed by atoms with Crippen LogP contribution in [0.1, 0.15) is 19.0 Å². The average Bonchev–Trinajstić information content (AvgIpc) is 2.48. The number of aromatic nitrogens is 2. The number of nitrogens with zero attached hydrogens (tertiary/aromatic N) is 2. The van der Waals surface area contributed by atoms with Crippen molar-refractivity contribution < 1.29 is 9.13 Å². The minimum absolute atomic E-state index is 0.323. The Morgan fingerprint density at radius 1 is 1.64 bits per heavy atom. The van der Waals surface area contributed by atoms with Gasteiger partial charge in [0.25, 0.3) is 0 Å². The second-order valence-corrected chi connectivity index (χ2v) is 4.09. The summed E-state index contributed by atoms with van der Waals surface area (Å²) in [7, 11) is 0. The van der Waals surface area contributed by atoms with Gasteiger partial charge in [0, 0.05) is 12.8 Å². The largest absolute Gasteiger partial charge is 0.375 e. The molecule has 0 bridgehead atoms. The van der Waals surface area contributed by atoms with Crippen molar-refractivity contribution >= 4 is 22.6 Å². The van der Waals surface area contributed by atoms with Gasteiger partial charge in [-0.25, -0.2) is 4.39 Å². The standard InChI is InChI=1S/C9H14FIN2O/c1-2-5-14-7-9-8(11)6-13(12-9)4-3-10/h6H,2-5,7H2,1H3. The summed E-state index contributed by atoms with van der Waals surface area (Å²) in [5.74, 6) is 0. The summed E-state index contributed by atoms with van der Waals surface area (Å²) >= 11 is 2.19. The molecule has 1 rings (SSSR count). The van der Waals surface area contributed by atoms with E-state index in [1.54, 1.807) is 4.68 Å². The molecule has 1 heterocycles. The zero-order valence-corrected chi connectivity index (χ0v) is 10.3. The van der Waals surface area contributed by atoms with E-state index in [4.69, 9.17) is 4.74 Å². The molecule has 1 aromatic rings. The molecule has 0 aliphatic rings. The smallest absolute Gasteiger partial charge is 0.109 e. The zero-order valence-electron chi connectivity index (χ0n) is 8.17. The molecule has 0 N–H and O–H groups in total. The van der Waals surface area contributed by atoms with Crippen LogP contribution in [0.5, 0.6) is 0 Å². The first-order valence-electron chi connectivity index (χ1n) is 4.63. The second-order valence-electron chi connectivity index (χ2n) is 2.93. The van der Waals surface area contributed by atoms with Crippen LogP contribution in [0.25, 0.3) is 0 Å². The highest BCUT2D eigenvalue weighted by Gasteiger charge is 2.05. The van der Waals surface area contributed by atoms with Crippen molar-refractivity contribution in [2.75, 3.05) is 13.3 Å². The lowest BCUT2D eigenvalue weighted by Gasteiger charge is -1.99. The quantitative estimate of drug-likeness (QED) is 0.596. The average molecular weight is 312 g/mol. The summed E-state index contributed by atoms with van der Waals surface area (Å²) in [4.78, 5) is 0. The number of rotatable bonds is 6. The number of ether oxygens (including phenoxy) is 1. The molecule has 0 fully saturated rings. The van der Waals surface area contributed by atoms with Crippen LogP contribution in [0, 0.1) is 3.57 Å². The molecular formula is C9H14FIN2O. The van der Waals surface area contributed by atoms with Gasteiger partial charge in [-0.3, -0.25) is 4.68 Å². The van der Waals surface area contributed by atoms with E-state index >= 15 is 0 Å². The normalized spacial score (nSPS) is 10.8. The van der Waals surface area contributed by atoms with E-state index in [0.717, 1.165) is 22.3 Å². The summed E-state index contributed by atoms with van der Waals surface area (Å²) in [5, 5.41) is 4.22. The van der Waals surface area contributed by atoms with Crippen molar-refractivity contribution in [1.82, 2.24) is 9.78 Å². The van der Waals surface area contributed by atoms with Crippen molar-refractivity contribution in [2.45, 2.75) is 26.5 Å². The van der Waals surface area contributed by atoms with E-state index in [9.17, 15) is 4.39 Å². The van der Waals surface area contributed by atoms with Crippen LogP contribution in [0.3, 0.4) is 0 Å². The first-order valence-corrected chi connectivity index (χ1v) is 5.71. The molecule has 0 aliphatic carbocycles. The van der Waals surface area contributed by atoms with Gasteiger partial charge >= 0.3 is 0 Å². The van der Waals surface area contributed by atoms with E-state index in [1.807, 2.05) is 6.20 Å². The molecule has 0 aliphatic heterocycles. The third kappa shape index (κ3) is 3.53. The van der Waals surface area contributed by atoms with E-state index < -0.39 is 0 Å². The molecule has 80 valence electrons. The first kappa shape index (κ1) is 11.9. The fourth-order valence-corrected chi connectivity index (χ4v) is 1.63. The predicted octanol–water partition coefficient (Wildman–Crippen LogP) is 2.38. The van der Waals surface area contributed by atoms with Gasteiger partial charge in [0.1, 0.15) is 12.4 Å². The van der Waals surface area contributed by atoms with E-state index in [-0.39, 0.29) is 6.67 Å². The van der Waals surface area contributed by atoms with Crippen molar-refractivity contribution in [1.29, 1.82) is 0 Å². The third-order valence-corrected chi connectivity index (χ3v) is 2.59. The maximum absolute atomic E-state index is 12.0. The van der Waals surface area contributed by atoms with Crippen molar-refractivity contribution in [3.8, 4) is 0 Å². The van der Waals surface area contributed by atoms with Crippen LogP contribution in [0.15, 0.2) is 6.20 Å². The number of aryl methyl sites for hydroxylation is 1. The lowest BCUT2D eigenvalue weighted by atomic mass is 10.4. The maximum Gasteiger partial charge on any atom is 0.109 e. The van der Waals surface area contributed by atoms with E-state index in [0.29, 0.717) is 13.2 Å². The summed E-state index contributed by atoms with van der Waals surface area (Å²) in [5.41, 5.74) is 0.896. The minimum Gasteiger partial charge on any atom is -0.375 e. The number of hydrogen-bond acceptors (Lipinski definition) is 2. The maximum atomic E-state index is 12.0. The Bertz CT molecular complexity index is 278. The number of hydrogen-bond donors (Lipinski definition) is 0. The van der Waals surface area contributed by atoms with E-state index in [2.05, 4.69) is 34.6 Å². The summed E-state index contributed by atoms with van der Waals surface area (Å²) in [6, 6.07) is 0. The Morgan fingerprint density at radius 2 is 2.43 bits per heavy atom. The molecule has 0 saturated carbocycles. The lowest BCUT2D eigenvalue weighted by molar-refractivity contribution is 0.118. The topological polar surface area (TPSA) is 27.1 Å². The Hall–Kier alpha value is -0.170. The van der Waals surface area contributed by atoms with Crippen LogP contribution < -0.4 is 0 Å². The predicted molar refractivity (Wildman–Crippen MR) is 60.9 cm³/mol. The molecule has 0 radical (unpaired) electrons. The summed E-state index contributed by atoms with van der Waals surface area (Å²) < 4.78 is 20.1. The van der Waals surface area contributed by atoms with Crippen LogP contribution in [-0.2, 0) is 17.9 Å². The van der Waals surface area contributed by atoms with Gasteiger partial charge in [-0.05, 0) is 29.0 Å². The molecule has 5 heteroatoms. The zero-order chi connectivity index (χ0) is 10.4. The van der Waals surface area contributed by atoms with Gasteiger partial charge in [0.15, 0.2) is 0 Å². The van der Waals surface area contributed by atoms with Crippen molar-refractivity contribution in [3.63, 3.8) is 0 Å². The van der Waals surface area contributed by atoms with Gasteiger partial charge in [-0.1, -0.05) is 6.92 Å². The molecule has 14 heavy (non-hydrogen) atoms. The number of halogens is 2. The van der Waals surface area contributed by atoms with Crippen molar-refractivity contribution in [3.05, 3.63) is 15.5 Å². The van der Waals surface area contributed by atoms with Gasteiger partial charge < -0.3 is 4.74 Å². The molecular weight excluding hydrogens is 298 g/mol. The van der Waals surface area contributed by atoms with Crippen LogP contribution in [-0.4, -0.2) is 23.1 Å². The highest BCUT2D eigenvalue weighted by atomic mass is 127. The summed E-state index contributed by atoms with van der Waals surface area (Å²) in [6.45, 7) is 3.26. The fourth-order valence-electron chi connectivity index (χ4n) is 1.05. The van der Waals surface area contributed by atoms with Gasteiger partial charge in [-0.15, -0.1) is 0 Å². The lowest BCUT2D eigenvalue weighted by Crippen LogP contribution is -2.02. The molecule has 0 spiro atoms. The first-order chi connectivity index (χ1) is 6.77. The SMILES string of the molecule is CCCOCc1nn(CCF)cc1I. The monoisotopic (exact) mass is 312 g/mol. The second kappa shape index (κ2) is 6.34. The molecule has 0 saturated heterocycles. The molecule has 3 nitrogen and oxygen atoms in total.